The van der Waals surface area contributed by atoms with E-state index in [1.54, 1.807) is 26.2 Å². The van der Waals surface area contributed by atoms with Crippen molar-refractivity contribution in [2.24, 2.45) is 0 Å². The summed E-state index contributed by atoms with van der Waals surface area (Å²) < 4.78 is 38.8. The topological polar surface area (TPSA) is 75.0 Å². The molecule has 2 heterocycles. The molecule has 0 saturated carbocycles. The SMILES string of the molecule is C[C@@H]1CN(c2cc(=O)c3cc(C(=O)N(C)C)cc(CCNc4cc(F)cc(F)c4)c3o2)CCO1. The van der Waals surface area contributed by atoms with E-state index in [0.29, 0.717) is 66.3 Å². The van der Waals surface area contributed by atoms with Gasteiger partial charge in [0, 0.05) is 57.1 Å². The highest BCUT2D eigenvalue weighted by Gasteiger charge is 2.22. The van der Waals surface area contributed by atoms with Crippen molar-refractivity contribution in [2.45, 2.75) is 19.4 Å². The van der Waals surface area contributed by atoms with Crippen molar-refractivity contribution in [3.05, 3.63) is 69.4 Å². The minimum atomic E-state index is -0.679. The zero-order chi connectivity index (χ0) is 24.4. The third-order valence-electron chi connectivity index (χ3n) is 5.68. The second kappa shape index (κ2) is 9.80. The number of fused-ring (bicyclic) bond motifs is 1. The zero-order valence-electron chi connectivity index (χ0n) is 19.4. The number of carbonyl (C=O) groups is 1. The summed E-state index contributed by atoms with van der Waals surface area (Å²) in [5.74, 6) is -1.15. The van der Waals surface area contributed by atoms with Crippen LogP contribution in [0, 0.1) is 11.6 Å². The van der Waals surface area contributed by atoms with Crippen LogP contribution in [-0.2, 0) is 11.2 Å². The number of nitrogens with zero attached hydrogens (tertiary/aromatic N) is 2. The average molecular weight is 472 g/mol. The molecule has 0 unspecified atom stereocenters. The molecule has 1 fully saturated rings. The average Bonchev–Trinajstić information content (AvgIpc) is 2.78. The van der Waals surface area contributed by atoms with Gasteiger partial charge in [0.25, 0.3) is 5.91 Å². The van der Waals surface area contributed by atoms with Crippen LogP contribution in [-0.4, -0.2) is 57.2 Å². The van der Waals surface area contributed by atoms with Gasteiger partial charge in [0.15, 0.2) is 11.3 Å². The number of carbonyl (C=O) groups excluding carboxylic acids is 1. The van der Waals surface area contributed by atoms with Crippen molar-refractivity contribution in [3.8, 4) is 0 Å². The lowest BCUT2D eigenvalue weighted by Gasteiger charge is -2.31. The molecule has 1 aromatic heterocycles. The predicted octanol–water partition coefficient (Wildman–Crippen LogP) is 3.65. The van der Waals surface area contributed by atoms with Gasteiger partial charge in [0.05, 0.1) is 18.1 Å². The Morgan fingerprint density at radius 2 is 1.88 bits per heavy atom. The van der Waals surface area contributed by atoms with Crippen LogP contribution in [0.25, 0.3) is 11.0 Å². The summed E-state index contributed by atoms with van der Waals surface area (Å²) in [7, 11) is 3.27. The van der Waals surface area contributed by atoms with E-state index in [1.807, 2.05) is 11.8 Å². The third kappa shape index (κ3) is 5.20. The number of hydrogen-bond donors (Lipinski definition) is 1. The lowest BCUT2D eigenvalue weighted by Crippen LogP contribution is -2.41. The summed E-state index contributed by atoms with van der Waals surface area (Å²) >= 11 is 0. The van der Waals surface area contributed by atoms with Crippen LogP contribution in [0.4, 0.5) is 20.4 Å². The first-order valence-corrected chi connectivity index (χ1v) is 11.1. The van der Waals surface area contributed by atoms with Gasteiger partial charge in [-0.2, -0.15) is 0 Å². The standard InChI is InChI=1S/C25H27F2N3O4/c1-15-14-30(6-7-33-15)23-13-22(31)21-9-17(25(32)29(2)3)8-16(24(21)34-23)4-5-28-20-11-18(26)10-19(27)12-20/h8-13,15,28H,4-7,14H2,1-3H3/t15-/m1/s1. The molecule has 0 radical (unpaired) electrons. The van der Waals surface area contributed by atoms with Crippen molar-refractivity contribution in [3.63, 3.8) is 0 Å². The Bertz CT molecular complexity index is 1250. The fraction of sp³-hybridized carbons (Fsp3) is 0.360. The van der Waals surface area contributed by atoms with E-state index >= 15 is 0 Å². The number of morpholine rings is 1. The summed E-state index contributed by atoms with van der Waals surface area (Å²) in [6.45, 7) is 3.97. The minimum Gasteiger partial charge on any atom is -0.440 e. The van der Waals surface area contributed by atoms with E-state index in [9.17, 15) is 18.4 Å². The van der Waals surface area contributed by atoms with E-state index < -0.39 is 11.6 Å². The van der Waals surface area contributed by atoms with Crippen molar-refractivity contribution in [2.75, 3.05) is 50.6 Å². The molecule has 4 rings (SSSR count). The maximum Gasteiger partial charge on any atom is 0.253 e. The van der Waals surface area contributed by atoms with Crippen LogP contribution in [0.1, 0.15) is 22.8 Å². The summed E-state index contributed by atoms with van der Waals surface area (Å²) in [4.78, 5) is 29.1. The van der Waals surface area contributed by atoms with Gasteiger partial charge >= 0.3 is 0 Å². The van der Waals surface area contributed by atoms with Crippen molar-refractivity contribution >= 4 is 28.4 Å². The van der Waals surface area contributed by atoms with Gasteiger partial charge in [-0.25, -0.2) is 8.78 Å². The highest BCUT2D eigenvalue weighted by molar-refractivity contribution is 5.98. The maximum absolute atomic E-state index is 13.5. The number of hydrogen-bond acceptors (Lipinski definition) is 6. The van der Waals surface area contributed by atoms with E-state index in [2.05, 4.69) is 5.32 Å². The molecule has 1 amide bonds. The highest BCUT2D eigenvalue weighted by atomic mass is 19.1. The van der Waals surface area contributed by atoms with Crippen LogP contribution in [0.5, 0.6) is 0 Å². The fourth-order valence-electron chi connectivity index (χ4n) is 4.06. The number of rotatable bonds is 6. The highest BCUT2D eigenvalue weighted by Crippen LogP contribution is 2.26. The molecule has 0 aliphatic carbocycles. The number of halogens is 2. The molecule has 1 atom stereocenters. The van der Waals surface area contributed by atoms with E-state index in [-0.39, 0.29) is 17.4 Å². The van der Waals surface area contributed by atoms with Crippen LogP contribution < -0.4 is 15.6 Å². The Morgan fingerprint density at radius 3 is 2.56 bits per heavy atom. The quantitative estimate of drug-likeness (QED) is 0.592. The van der Waals surface area contributed by atoms with Crippen LogP contribution in [0.2, 0.25) is 0 Å². The Hall–Kier alpha value is -3.46. The molecule has 1 saturated heterocycles. The maximum atomic E-state index is 13.5. The Morgan fingerprint density at radius 1 is 1.15 bits per heavy atom. The molecule has 1 aliphatic heterocycles. The van der Waals surface area contributed by atoms with Crippen LogP contribution in [0.15, 0.2) is 45.6 Å². The lowest BCUT2D eigenvalue weighted by atomic mass is 10.0. The molecular weight excluding hydrogens is 444 g/mol. The predicted molar refractivity (Wildman–Crippen MR) is 127 cm³/mol. The Kier molecular flexibility index (Phi) is 6.83. The summed E-state index contributed by atoms with van der Waals surface area (Å²) in [5, 5.41) is 3.30. The van der Waals surface area contributed by atoms with Gasteiger partial charge in [0.1, 0.15) is 17.2 Å². The summed E-state index contributed by atoms with van der Waals surface area (Å²) in [5.41, 5.74) is 1.46. The number of ether oxygens (including phenoxy) is 1. The molecule has 180 valence electrons. The van der Waals surface area contributed by atoms with Gasteiger partial charge in [0.2, 0.25) is 0 Å². The largest absolute Gasteiger partial charge is 0.440 e. The van der Waals surface area contributed by atoms with E-state index in [1.165, 1.54) is 23.1 Å². The molecule has 1 N–H and O–H groups in total. The third-order valence-corrected chi connectivity index (χ3v) is 5.68. The molecule has 7 nitrogen and oxygen atoms in total. The molecule has 9 heteroatoms. The molecule has 1 aliphatic rings. The number of anilines is 2. The van der Waals surface area contributed by atoms with E-state index in [0.717, 1.165) is 6.07 Å². The first kappa shape index (κ1) is 23.7. The van der Waals surface area contributed by atoms with Crippen molar-refractivity contribution < 1.29 is 22.7 Å². The second-order valence-corrected chi connectivity index (χ2v) is 8.62. The molecule has 0 spiro atoms. The monoisotopic (exact) mass is 471 g/mol. The fourth-order valence-corrected chi connectivity index (χ4v) is 4.06. The van der Waals surface area contributed by atoms with Gasteiger partial charge in [-0.05, 0) is 43.2 Å². The molecule has 34 heavy (non-hydrogen) atoms. The van der Waals surface area contributed by atoms with Crippen LogP contribution in [0.3, 0.4) is 0 Å². The molecule has 2 aromatic carbocycles. The van der Waals surface area contributed by atoms with E-state index in [4.69, 9.17) is 9.15 Å². The number of nitrogens with one attached hydrogen (secondary N) is 1. The zero-order valence-corrected chi connectivity index (χ0v) is 19.4. The Balaban J connectivity index is 1.71. The first-order chi connectivity index (χ1) is 16.2. The second-order valence-electron chi connectivity index (χ2n) is 8.62. The smallest absolute Gasteiger partial charge is 0.253 e. The molecule has 3 aromatic rings. The summed E-state index contributed by atoms with van der Waals surface area (Å²) in [6, 6.07) is 7.90. The van der Waals surface area contributed by atoms with Crippen molar-refractivity contribution in [1.82, 2.24) is 4.90 Å². The van der Waals surface area contributed by atoms with Gasteiger partial charge in [-0.3, -0.25) is 9.59 Å². The molecular formula is C25H27F2N3O4. The van der Waals surface area contributed by atoms with Gasteiger partial charge < -0.3 is 24.3 Å². The van der Waals surface area contributed by atoms with Gasteiger partial charge in [-0.1, -0.05) is 0 Å². The first-order valence-electron chi connectivity index (χ1n) is 11.1. The van der Waals surface area contributed by atoms with Crippen molar-refractivity contribution in [1.29, 1.82) is 0 Å². The Labute approximate surface area is 195 Å². The lowest BCUT2D eigenvalue weighted by molar-refractivity contribution is 0.0517. The summed E-state index contributed by atoms with van der Waals surface area (Å²) in [6.07, 6.45) is 0.361. The normalized spacial score (nSPS) is 16.0. The molecule has 0 bridgehead atoms. The number of benzene rings is 2. The minimum absolute atomic E-state index is 0.00479. The number of amides is 1. The van der Waals surface area contributed by atoms with Crippen LogP contribution >= 0.6 is 0 Å². The van der Waals surface area contributed by atoms with Gasteiger partial charge in [-0.15, -0.1) is 0 Å².